The van der Waals surface area contributed by atoms with Crippen molar-refractivity contribution in [3.05, 3.63) is 83.6 Å². The molecule has 0 radical (unpaired) electrons. The third-order valence-corrected chi connectivity index (χ3v) is 7.36. The number of amides is 2. The van der Waals surface area contributed by atoms with E-state index in [2.05, 4.69) is 15.2 Å². The molecule has 0 atom stereocenters. The lowest BCUT2D eigenvalue weighted by Gasteiger charge is -2.31. The molecule has 2 fully saturated rings. The van der Waals surface area contributed by atoms with E-state index in [9.17, 15) is 14.4 Å². The van der Waals surface area contributed by atoms with Crippen molar-refractivity contribution in [3.63, 3.8) is 0 Å². The van der Waals surface area contributed by atoms with Crippen LogP contribution >= 0.6 is 0 Å². The van der Waals surface area contributed by atoms with Gasteiger partial charge in [0.2, 0.25) is 0 Å². The number of carboxylic acid groups (broad SMARTS) is 1. The Kier molecular flexibility index (Phi) is 9.10. The number of rotatable bonds is 8. The molecular weight excluding hydrogens is 524 g/mol. The van der Waals surface area contributed by atoms with Crippen LogP contribution in [0.3, 0.4) is 0 Å². The quantitative estimate of drug-likeness (QED) is 0.394. The Morgan fingerprint density at radius 1 is 0.829 bits per heavy atom. The first-order valence-electron chi connectivity index (χ1n) is 14.0. The predicted octanol–water partition coefficient (Wildman–Crippen LogP) is 5.06. The second-order valence-electron chi connectivity index (χ2n) is 10.4. The van der Waals surface area contributed by atoms with Crippen molar-refractivity contribution in [2.24, 2.45) is 0 Å². The van der Waals surface area contributed by atoms with Crippen molar-refractivity contribution >= 4 is 23.8 Å². The van der Waals surface area contributed by atoms with Gasteiger partial charge in [0.15, 0.2) is 5.75 Å². The van der Waals surface area contributed by atoms with E-state index in [1.54, 1.807) is 29.2 Å². The number of hydrogen-bond donors (Lipinski definition) is 2. The first kappa shape index (κ1) is 28.1. The van der Waals surface area contributed by atoms with Gasteiger partial charge < -0.3 is 24.8 Å². The number of nitrogens with zero attached hydrogens (tertiary/aromatic N) is 3. The number of nitrogens with one attached hydrogen (secondary N) is 1. The third kappa shape index (κ3) is 7.82. The fourth-order valence-electron chi connectivity index (χ4n) is 5.03. The summed E-state index contributed by atoms with van der Waals surface area (Å²) in [7, 11) is 0. The van der Waals surface area contributed by atoms with Crippen molar-refractivity contribution in [1.82, 2.24) is 14.8 Å². The molecule has 0 spiro atoms. The summed E-state index contributed by atoms with van der Waals surface area (Å²) in [6.45, 7) is 4.09. The highest BCUT2D eigenvalue weighted by Gasteiger charge is 2.25. The van der Waals surface area contributed by atoms with Crippen LogP contribution in [-0.4, -0.2) is 70.1 Å². The van der Waals surface area contributed by atoms with E-state index in [0.29, 0.717) is 43.1 Å². The van der Waals surface area contributed by atoms with Crippen LogP contribution in [-0.2, 0) is 6.54 Å². The van der Waals surface area contributed by atoms with Crippen LogP contribution in [0.15, 0.2) is 66.9 Å². The fraction of sp³-hybridized carbons (Fsp3) is 0.355. The molecule has 2 saturated heterocycles. The minimum absolute atomic E-state index is 0.0786. The van der Waals surface area contributed by atoms with E-state index in [-0.39, 0.29) is 23.3 Å². The molecule has 0 aliphatic carbocycles. The van der Waals surface area contributed by atoms with Crippen molar-refractivity contribution < 1.29 is 29.0 Å². The lowest BCUT2D eigenvalue weighted by molar-refractivity contribution is 0.0696. The molecule has 3 aromatic rings. The number of benzene rings is 2. The van der Waals surface area contributed by atoms with Gasteiger partial charge in [0.1, 0.15) is 17.7 Å². The molecule has 2 aliphatic heterocycles. The maximum Gasteiger partial charge on any atom is 0.415 e. The normalized spacial score (nSPS) is 16.1. The maximum absolute atomic E-state index is 12.7. The number of aromatic nitrogens is 1. The molecule has 214 valence electrons. The Morgan fingerprint density at radius 3 is 2.12 bits per heavy atom. The zero-order valence-corrected chi connectivity index (χ0v) is 22.8. The summed E-state index contributed by atoms with van der Waals surface area (Å²) < 4.78 is 11.4. The molecule has 0 saturated carbocycles. The van der Waals surface area contributed by atoms with Gasteiger partial charge in [-0.05, 0) is 80.0 Å². The number of carbonyl (C=O) groups excluding carboxylic acids is 2. The summed E-state index contributed by atoms with van der Waals surface area (Å²) in [5.41, 5.74) is 1.94. The lowest BCUT2D eigenvalue weighted by Crippen LogP contribution is -2.43. The Bertz CT molecular complexity index is 1330. The Morgan fingerprint density at radius 2 is 1.49 bits per heavy atom. The van der Waals surface area contributed by atoms with Crippen LogP contribution < -0.4 is 14.8 Å². The van der Waals surface area contributed by atoms with E-state index >= 15 is 0 Å². The van der Waals surface area contributed by atoms with Gasteiger partial charge in [0.05, 0.1) is 11.8 Å². The van der Waals surface area contributed by atoms with Gasteiger partial charge in [-0.1, -0.05) is 18.6 Å². The SMILES string of the molecule is O=C(O)c1ccc(OC2CCN(C(=O)Oc3ccc(NC(=O)c4ccc(CN5CCCCC5)cc4)nc3)CC2)cc1. The minimum Gasteiger partial charge on any atom is -0.490 e. The molecule has 5 rings (SSSR count). The monoisotopic (exact) mass is 558 g/mol. The van der Waals surface area contributed by atoms with Gasteiger partial charge in [-0.15, -0.1) is 0 Å². The van der Waals surface area contributed by atoms with Crippen LogP contribution in [0, 0.1) is 0 Å². The van der Waals surface area contributed by atoms with Gasteiger partial charge in [-0.2, -0.15) is 0 Å². The number of piperidine rings is 2. The summed E-state index contributed by atoms with van der Waals surface area (Å²) in [5.74, 6) is 0.00399. The van der Waals surface area contributed by atoms with Crippen molar-refractivity contribution in [2.45, 2.75) is 44.8 Å². The molecule has 2 aromatic carbocycles. The molecular formula is C31H34N4O6. The number of carbonyl (C=O) groups is 3. The van der Waals surface area contributed by atoms with Crippen molar-refractivity contribution in [2.75, 3.05) is 31.5 Å². The second-order valence-corrected chi connectivity index (χ2v) is 10.4. The van der Waals surface area contributed by atoms with Crippen molar-refractivity contribution in [1.29, 1.82) is 0 Å². The minimum atomic E-state index is -0.984. The van der Waals surface area contributed by atoms with Crippen LogP contribution in [0.25, 0.3) is 0 Å². The van der Waals surface area contributed by atoms with Gasteiger partial charge in [-0.3, -0.25) is 9.69 Å². The zero-order chi connectivity index (χ0) is 28.6. The van der Waals surface area contributed by atoms with Crippen molar-refractivity contribution in [3.8, 4) is 11.5 Å². The number of aromatic carboxylic acids is 1. The molecule has 3 heterocycles. The number of pyridine rings is 1. The Hall–Kier alpha value is -4.44. The molecule has 1 aromatic heterocycles. The molecule has 2 N–H and O–H groups in total. The highest BCUT2D eigenvalue weighted by atomic mass is 16.6. The number of likely N-dealkylation sites (tertiary alicyclic amines) is 2. The van der Waals surface area contributed by atoms with E-state index < -0.39 is 12.1 Å². The standard InChI is InChI=1S/C31H34N4O6/c36-29(23-6-4-22(5-7-23)21-34-16-2-1-3-17-34)33-28-13-12-27(20-32-28)41-31(39)35-18-14-26(15-19-35)40-25-10-8-24(9-11-25)30(37)38/h4-13,20,26H,1-3,14-19,21H2,(H,37,38)(H,32,33,36). The van der Waals surface area contributed by atoms with E-state index in [1.807, 2.05) is 24.3 Å². The smallest absolute Gasteiger partial charge is 0.415 e. The Balaban J connectivity index is 1.05. The lowest BCUT2D eigenvalue weighted by atomic mass is 10.1. The average Bonchev–Trinajstić information content (AvgIpc) is 2.99. The molecule has 41 heavy (non-hydrogen) atoms. The summed E-state index contributed by atoms with van der Waals surface area (Å²) in [6, 6.07) is 17.1. The molecule has 10 heteroatoms. The fourth-order valence-corrected chi connectivity index (χ4v) is 5.03. The van der Waals surface area contributed by atoms with Crippen LogP contribution in [0.2, 0.25) is 0 Å². The molecule has 10 nitrogen and oxygen atoms in total. The number of anilines is 1. The molecule has 2 aliphatic rings. The molecule has 2 amide bonds. The van der Waals surface area contributed by atoms with Crippen LogP contribution in [0.1, 0.15) is 58.4 Å². The maximum atomic E-state index is 12.7. The summed E-state index contributed by atoms with van der Waals surface area (Å²) in [6.07, 6.45) is 5.90. The number of ether oxygens (including phenoxy) is 2. The van der Waals surface area contributed by atoms with E-state index in [1.165, 1.54) is 43.2 Å². The highest BCUT2D eigenvalue weighted by Crippen LogP contribution is 2.21. The molecule has 0 unspecified atom stereocenters. The average molecular weight is 559 g/mol. The highest BCUT2D eigenvalue weighted by molar-refractivity contribution is 6.03. The first-order chi connectivity index (χ1) is 19.9. The predicted molar refractivity (Wildman–Crippen MR) is 152 cm³/mol. The van der Waals surface area contributed by atoms with Gasteiger partial charge >= 0.3 is 12.1 Å². The largest absolute Gasteiger partial charge is 0.490 e. The number of hydrogen-bond acceptors (Lipinski definition) is 7. The zero-order valence-electron chi connectivity index (χ0n) is 22.8. The topological polar surface area (TPSA) is 121 Å². The first-order valence-corrected chi connectivity index (χ1v) is 14.0. The van der Waals surface area contributed by atoms with E-state index in [4.69, 9.17) is 14.6 Å². The summed E-state index contributed by atoms with van der Waals surface area (Å²) in [5, 5.41) is 11.8. The van der Waals surface area contributed by atoms with Crippen LogP contribution in [0.4, 0.5) is 10.6 Å². The molecule has 0 bridgehead atoms. The van der Waals surface area contributed by atoms with E-state index in [0.717, 1.165) is 19.6 Å². The summed E-state index contributed by atoms with van der Waals surface area (Å²) in [4.78, 5) is 44.6. The number of carboxylic acids is 1. The second kappa shape index (κ2) is 13.3. The summed E-state index contributed by atoms with van der Waals surface area (Å²) >= 11 is 0. The Labute approximate surface area is 238 Å². The van der Waals surface area contributed by atoms with Crippen LogP contribution in [0.5, 0.6) is 11.5 Å². The third-order valence-electron chi connectivity index (χ3n) is 7.36. The van der Waals surface area contributed by atoms with Gasteiger partial charge in [0.25, 0.3) is 5.91 Å². The van der Waals surface area contributed by atoms with Gasteiger partial charge in [-0.25, -0.2) is 14.6 Å². The van der Waals surface area contributed by atoms with Gasteiger partial charge in [0, 0.05) is 38.0 Å².